The number of allylic oxidation sites excluding steroid dienone is 4. The molecule has 0 unspecified atom stereocenters. The average molecular weight is 369 g/mol. The zero-order valence-electron chi connectivity index (χ0n) is 14.4. The molecule has 0 saturated carbocycles. The summed E-state index contributed by atoms with van der Waals surface area (Å²) >= 11 is 3.74. The van der Waals surface area contributed by atoms with Crippen molar-refractivity contribution < 1.29 is 0 Å². The SMILES string of the molecule is CC1=CC=C(c2cc3cc4cc5cc6ccsc6cc5cc4cc3s2)C1. The first kappa shape index (κ1) is 14.7. The molecule has 5 aromatic rings. The van der Waals surface area contributed by atoms with Gasteiger partial charge < -0.3 is 0 Å². The zero-order valence-corrected chi connectivity index (χ0v) is 16.0. The third-order valence-corrected chi connectivity index (χ3v) is 7.41. The van der Waals surface area contributed by atoms with Gasteiger partial charge in [0.05, 0.1) is 0 Å². The van der Waals surface area contributed by atoms with Crippen LogP contribution in [-0.2, 0) is 0 Å². The normalized spacial score (nSPS) is 14.7. The van der Waals surface area contributed by atoms with Crippen molar-refractivity contribution in [1.29, 1.82) is 0 Å². The predicted molar refractivity (Wildman–Crippen MR) is 119 cm³/mol. The average Bonchev–Trinajstić information content (AvgIpc) is 3.34. The summed E-state index contributed by atoms with van der Waals surface area (Å²) in [6.45, 7) is 2.21. The Morgan fingerprint density at radius 1 is 0.692 bits per heavy atom. The van der Waals surface area contributed by atoms with Crippen LogP contribution in [0.5, 0.6) is 0 Å². The first-order valence-electron chi connectivity index (χ1n) is 8.88. The van der Waals surface area contributed by atoms with Crippen LogP contribution in [0.4, 0.5) is 0 Å². The highest BCUT2D eigenvalue weighted by Gasteiger charge is 2.12. The fraction of sp³-hybridized carbons (Fsp3) is 0.0833. The Labute approximate surface area is 159 Å². The summed E-state index contributed by atoms with van der Waals surface area (Å²) in [4.78, 5) is 1.41. The second-order valence-corrected chi connectivity index (χ2v) is 9.27. The van der Waals surface area contributed by atoms with E-state index in [-0.39, 0.29) is 0 Å². The minimum absolute atomic E-state index is 1.09. The lowest BCUT2D eigenvalue weighted by molar-refractivity contribution is 1.27. The second kappa shape index (κ2) is 5.29. The molecule has 2 heteroatoms. The number of rotatable bonds is 1. The Morgan fingerprint density at radius 3 is 2.15 bits per heavy atom. The van der Waals surface area contributed by atoms with Crippen LogP contribution in [0.1, 0.15) is 18.2 Å². The highest BCUT2D eigenvalue weighted by molar-refractivity contribution is 7.20. The van der Waals surface area contributed by atoms with Crippen molar-refractivity contribution in [2.75, 3.05) is 0 Å². The maximum absolute atomic E-state index is 2.37. The summed E-state index contributed by atoms with van der Waals surface area (Å²) in [7, 11) is 0. The summed E-state index contributed by atoms with van der Waals surface area (Å²) in [5, 5.41) is 10.2. The lowest BCUT2D eigenvalue weighted by atomic mass is 10.0. The molecule has 124 valence electrons. The van der Waals surface area contributed by atoms with E-state index in [9.17, 15) is 0 Å². The van der Waals surface area contributed by atoms with Gasteiger partial charge in [0, 0.05) is 14.3 Å². The Kier molecular flexibility index (Phi) is 3.00. The molecule has 0 spiro atoms. The van der Waals surface area contributed by atoms with Crippen molar-refractivity contribution >= 4 is 70.0 Å². The Morgan fingerprint density at radius 2 is 1.38 bits per heavy atom. The molecule has 0 N–H and O–H groups in total. The Balaban J connectivity index is 1.58. The van der Waals surface area contributed by atoms with Gasteiger partial charge in [-0.25, -0.2) is 0 Å². The number of thiophene rings is 2. The van der Waals surface area contributed by atoms with Crippen LogP contribution in [0.3, 0.4) is 0 Å². The fourth-order valence-corrected chi connectivity index (χ4v) is 5.92. The fourth-order valence-electron chi connectivity index (χ4n) is 3.99. The van der Waals surface area contributed by atoms with Gasteiger partial charge in [-0.15, -0.1) is 22.7 Å². The summed E-state index contributed by atoms with van der Waals surface area (Å²) in [6.07, 6.45) is 5.61. The van der Waals surface area contributed by atoms with E-state index in [1.807, 2.05) is 22.7 Å². The van der Waals surface area contributed by atoms with Crippen LogP contribution in [0, 0.1) is 0 Å². The molecule has 0 atom stereocenters. The summed E-state index contributed by atoms with van der Waals surface area (Å²) < 4.78 is 2.75. The maximum Gasteiger partial charge on any atom is 0.0355 e. The van der Waals surface area contributed by atoms with Gasteiger partial charge in [0.2, 0.25) is 0 Å². The molecule has 26 heavy (non-hydrogen) atoms. The van der Waals surface area contributed by atoms with E-state index >= 15 is 0 Å². The monoisotopic (exact) mass is 368 g/mol. The molecule has 0 fully saturated rings. The predicted octanol–water partition coefficient (Wildman–Crippen LogP) is 8.16. The van der Waals surface area contributed by atoms with E-state index in [0.29, 0.717) is 0 Å². The number of benzene rings is 3. The quantitative estimate of drug-likeness (QED) is 0.262. The van der Waals surface area contributed by atoms with E-state index in [1.165, 1.54) is 57.7 Å². The van der Waals surface area contributed by atoms with Gasteiger partial charge in [0.1, 0.15) is 0 Å². The lowest BCUT2D eigenvalue weighted by Gasteiger charge is -2.04. The Bertz CT molecular complexity index is 1320. The van der Waals surface area contributed by atoms with Gasteiger partial charge in [-0.2, -0.15) is 0 Å². The van der Waals surface area contributed by atoms with Gasteiger partial charge in [0.15, 0.2) is 0 Å². The zero-order chi connectivity index (χ0) is 17.3. The van der Waals surface area contributed by atoms with Crippen LogP contribution in [-0.4, -0.2) is 0 Å². The van der Waals surface area contributed by atoms with Gasteiger partial charge >= 0.3 is 0 Å². The smallest absolute Gasteiger partial charge is 0.0355 e. The molecule has 0 bridgehead atoms. The number of hydrogen-bond donors (Lipinski definition) is 0. The third kappa shape index (κ3) is 2.19. The van der Waals surface area contributed by atoms with Crippen LogP contribution in [0.15, 0.2) is 71.6 Å². The second-order valence-electron chi connectivity index (χ2n) is 7.24. The van der Waals surface area contributed by atoms with Crippen molar-refractivity contribution in [2.24, 2.45) is 0 Å². The molecule has 2 heterocycles. The summed E-state index contributed by atoms with van der Waals surface area (Å²) in [5.41, 5.74) is 2.91. The summed E-state index contributed by atoms with van der Waals surface area (Å²) in [6, 6.07) is 18.7. The standard InChI is InChI=1S/C24H16S2/c1-14-2-3-15(6-14)23-13-21-10-18-8-17-7-16-4-5-25-22(16)11-19(17)9-20(18)12-24(21)26-23/h2-5,7-13H,6H2,1H3. The van der Waals surface area contributed by atoms with Crippen LogP contribution >= 0.6 is 22.7 Å². The van der Waals surface area contributed by atoms with Crippen LogP contribution in [0.25, 0.3) is 47.3 Å². The van der Waals surface area contributed by atoms with Gasteiger partial charge in [-0.1, -0.05) is 17.7 Å². The molecule has 0 amide bonds. The van der Waals surface area contributed by atoms with E-state index in [2.05, 4.69) is 73.0 Å². The van der Waals surface area contributed by atoms with E-state index in [4.69, 9.17) is 0 Å². The first-order chi connectivity index (χ1) is 12.7. The lowest BCUT2D eigenvalue weighted by Crippen LogP contribution is -1.77. The van der Waals surface area contributed by atoms with Crippen molar-refractivity contribution in [3.63, 3.8) is 0 Å². The molecular weight excluding hydrogens is 352 g/mol. The summed E-state index contributed by atoms with van der Waals surface area (Å²) in [5.74, 6) is 0. The van der Waals surface area contributed by atoms with Crippen molar-refractivity contribution in [2.45, 2.75) is 13.3 Å². The van der Waals surface area contributed by atoms with Crippen molar-refractivity contribution in [3.8, 4) is 0 Å². The maximum atomic E-state index is 2.37. The minimum atomic E-state index is 1.09. The number of hydrogen-bond acceptors (Lipinski definition) is 2. The molecular formula is C24H16S2. The van der Waals surface area contributed by atoms with Crippen molar-refractivity contribution in [3.05, 3.63) is 76.5 Å². The molecule has 0 aliphatic heterocycles. The number of fused-ring (bicyclic) bond motifs is 4. The van der Waals surface area contributed by atoms with E-state index in [0.717, 1.165) is 6.42 Å². The Hall–Kier alpha value is -2.42. The first-order valence-corrected chi connectivity index (χ1v) is 10.6. The van der Waals surface area contributed by atoms with Gasteiger partial charge in [0.25, 0.3) is 0 Å². The molecule has 1 aliphatic carbocycles. The molecule has 0 radical (unpaired) electrons. The van der Waals surface area contributed by atoms with E-state index in [1.54, 1.807) is 0 Å². The topological polar surface area (TPSA) is 0 Å². The van der Waals surface area contributed by atoms with Gasteiger partial charge in [-0.05, 0) is 105 Å². The molecule has 0 saturated heterocycles. The largest absolute Gasteiger partial charge is 0.144 e. The van der Waals surface area contributed by atoms with Crippen molar-refractivity contribution in [1.82, 2.24) is 0 Å². The molecule has 6 rings (SSSR count). The molecule has 2 aromatic heterocycles. The van der Waals surface area contributed by atoms with Crippen LogP contribution in [0.2, 0.25) is 0 Å². The third-order valence-electron chi connectivity index (χ3n) is 5.36. The molecule has 1 aliphatic rings. The van der Waals surface area contributed by atoms with Crippen LogP contribution < -0.4 is 0 Å². The highest BCUT2D eigenvalue weighted by atomic mass is 32.1. The highest BCUT2D eigenvalue weighted by Crippen LogP contribution is 2.38. The molecule has 0 nitrogen and oxygen atoms in total. The minimum Gasteiger partial charge on any atom is -0.144 e. The van der Waals surface area contributed by atoms with Gasteiger partial charge in [-0.3, -0.25) is 0 Å². The molecule has 3 aromatic carbocycles. The van der Waals surface area contributed by atoms with E-state index < -0.39 is 0 Å².